The fourth-order valence-corrected chi connectivity index (χ4v) is 2.08. The maximum absolute atomic E-state index is 12.9. The Kier molecular flexibility index (Phi) is 5.73. The van der Waals surface area contributed by atoms with Gasteiger partial charge in [-0.25, -0.2) is 4.39 Å². The van der Waals surface area contributed by atoms with E-state index in [4.69, 9.17) is 10.5 Å². The molecule has 1 amide bonds. The van der Waals surface area contributed by atoms with Crippen molar-refractivity contribution in [2.24, 2.45) is 0 Å². The zero-order chi connectivity index (χ0) is 13.5. The summed E-state index contributed by atoms with van der Waals surface area (Å²) in [5.41, 5.74) is 6.01. The average Bonchev–Trinajstić information content (AvgIpc) is 2.31. The maximum Gasteiger partial charge on any atom is 0.237 e. The van der Waals surface area contributed by atoms with Crippen molar-refractivity contribution >= 4 is 28.1 Å². The molecule has 0 aromatic heterocycles. The van der Waals surface area contributed by atoms with Crippen LogP contribution in [0.1, 0.15) is 0 Å². The minimum absolute atomic E-state index is 0.167. The number of hydrogen-bond acceptors (Lipinski definition) is 4. The molecule has 3 N–H and O–H groups in total. The minimum atomic E-state index is -1.31. The Balaban J connectivity index is 2.54. The van der Waals surface area contributed by atoms with Crippen molar-refractivity contribution in [2.75, 3.05) is 36.3 Å². The first-order valence-electron chi connectivity index (χ1n) is 5.21. The zero-order valence-corrected chi connectivity index (χ0v) is 10.8. The molecule has 18 heavy (non-hydrogen) atoms. The van der Waals surface area contributed by atoms with Crippen molar-refractivity contribution < 1.29 is 18.1 Å². The molecule has 0 aliphatic heterocycles. The number of nitrogens with two attached hydrogens (primary N) is 1. The van der Waals surface area contributed by atoms with Gasteiger partial charge in [-0.2, -0.15) is 0 Å². The molecule has 0 heterocycles. The first-order valence-corrected chi connectivity index (χ1v) is 6.70. The van der Waals surface area contributed by atoms with E-state index in [-0.39, 0.29) is 22.9 Å². The van der Waals surface area contributed by atoms with Crippen LogP contribution < -0.4 is 11.1 Å². The van der Waals surface area contributed by atoms with E-state index in [2.05, 4.69) is 5.32 Å². The topological polar surface area (TPSA) is 81.4 Å². The van der Waals surface area contributed by atoms with Crippen LogP contribution in [0.4, 0.5) is 15.8 Å². The lowest BCUT2D eigenvalue weighted by Gasteiger charge is -2.08. The molecule has 100 valence electrons. The summed E-state index contributed by atoms with van der Waals surface area (Å²) in [5, 5.41) is 2.42. The van der Waals surface area contributed by atoms with Crippen molar-refractivity contribution in [1.29, 1.82) is 0 Å². The van der Waals surface area contributed by atoms with Crippen LogP contribution in [0, 0.1) is 5.82 Å². The van der Waals surface area contributed by atoms with Crippen LogP contribution >= 0.6 is 0 Å². The third kappa shape index (κ3) is 4.80. The summed E-state index contributed by atoms with van der Waals surface area (Å²) in [5.74, 6) is -0.858. The largest absolute Gasteiger partial charge is 0.397 e. The summed E-state index contributed by atoms with van der Waals surface area (Å²) < 4.78 is 29.1. The number of rotatable bonds is 6. The third-order valence-corrected chi connectivity index (χ3v) is 3.30. The molecule has 1 unspecified atom stereocenters. The molecule has 0 fully saturated rings. The Morgan fingerprint density at radius 1 is 1.56 bits per heavy atom. The predicted molar refractivity (Wildman–Crippen MR) is 69.2 cm³/mol. The SMILES string of the molecule is COCCS(=O)CC(=O)Nc1cc(F)ccc1N. The van der Waals surface area contributed by atoms with Gasteiger partial charge >= 0.3 is 0 Å². The highest BCUT2D eigenvalue weighted by Crippen LogP contribution is 2.18. The van der Waals surface area contributed by atoms with E-state index in [0.29, 0.717) is 6.61 Å². The van der Waals surface area contributed by atoms with E-state index >= 15 is 0 Å². The van der Waals surface area contributed by atoms with Crippen LogP contribution in [-0.4, -0.2) is 35.3 Å². The maximum atomic E-state index is 12.9. The van der Waals surface area contributed by atoms with Crippen molar-refractivity contribution in [3.63, 3.8) is 0 Å². The molecule has 5 nitrogen and oxygen atoms in total. The second kappa shape index (κ2) is 7.07. The highest BCUT2D eigenvalue weighted by molar-refractivity contribution is 7.85. The van der Waals surface area contributed by atoms with Crippen molar-refractivity contribution in [3.05, 3.63) is 24.0 Å². The molecule has 1 aromatic carbocycles. The third-order valence-electron chi connectivity index (χ3n) is 2.10. The summed E-state index contributed by atoms with van der Waals surface area (Å²) in [6.07, 6.45) is 0. The molecule has 0 saturated heterocycles. The van der Waals surface area contributed by atoms with Crippen LogP contribution in [0.3, 0.4) is 0 Å². The smallest absolute Gasteiger partial charge is 0.237 e. The number of carbonyl (C=O) groups excluding carboxylic acids is 1. The molecule has 0 saturated carbocycles. The molecule has 1 aromatic rings. The number of amides is 1. The van der Waals surface area contributed by atoms with Crippen molar-refractivity contribution in [3.8, 4) is 0 Å². The lowest BCUT2D eigenvalue weighted by atomic mass is 10.2. The molecule has 0 aliphatic carbocycles. The highest BCUT2D eigenvalue weighted by atomic mass is 32.2. The van der Waals surface area contributed by atoms with Gasteiger partial charge in [-0.1, -0.05) is 0 Å². The van der Waals surface area contributed by atoms with E-state index in [1.165, 1.54) is 19.2 Å². The average molecular weight is 274 g/mol. The van der Waals surface area contributed by atoms with Gasteiger partial charge in [-0.15, -0.1) is 0 Å². The summed E-state index contributed by atoms with van der Waals surface area (Å²) in [6, 6.07) is 3.67. The summed E-state index contributed by atoms with van der Waals surface area (Å²) in [7, 11) is 0.184. The fourth-order valence-electron chi connectivity index (χ4n) is 1.22. The first-order chi connectivity index (χ1) is 8.52. The molecular formula is C11H15FN2O3S. The van der Waals surface area contributed by atoms with Crippen molar-refractivity contribution in [1.82, 2.24) is 0 Å². The number of carbonyl (C=O) groups is 1. The normalized spacial score (nSPS) is 12.1. The molecular weight excluding hydrogens is 259 g/mol. The zero-order valence-electron chi connectivity index (χ0n) is 9.94. The van der Waals surface area contributed by atoms with E-state index in [9.17, 15) is 13.4 Å². The predicted octanol–water partition coefficient (Wildman–Crippen LogP) is 0.742. The van der Waals surface area contributed by atoms with Gasteiger partial charge in [0, 0.05) is 23.7 Å². The van der Waals surface area contributed by atoms with Gasteiger partial charge in [-0.05, 0) is 18.2 Å². The number of benzene rings is 1. The quantitative estimate of drug-likeness (QED) is 0.750. The number of halogens is 1. The summed E-state index contributed by atoms with van der Waals surface area (Å²) >= 11 is 0. The number of methoxy groups -OCH3 is 1. The Labute approximate surface area is 107 Å². The Morgan fingerprint density at radius 2 is 2.28 bits per heavy atom. The summed E-state index contributed by atoms with van der Waals surface area (Å²) in [4.78, 5) is 11.5. The molecule has 0 bridgehead atoms. The Bertz CT molecular complexity index is 454. The monoisotopic (exact) mass is 274 g/mol. The second-order valence-electron chi connectivity index (χ2n) is 3.56. The fraction of sp³-hybridized carbons (Fsp3) is 0.364. The minimum Gasteiger partial charge on any atom is -0.397 e. The van der Waals surface area contributed by atoms with Gasteiger partial charge in [0.2, 0.25) is 5.91 Å². The van der Waals surface area contributed by atoms with E-state index < -0.39 is 22.5 Å². The molecule has 7 heteroatoms. The van der Waals surface area contributed by atoms with Crippen LogP contribution in [-0.2, 0) is 20.3 Å². The standard InChI is InChI=1S/C11H15FN2O3S/c1-17-4-5-18(16)7-11(15)14-10-6-8(12)2-3-9(10)13/h2-3,6H,4-5,7,13H2,1H3,(H,14,15). The lowest BCUT2D eigenvalue weighted by Crippen LogP contribution is -2.22. The lowest BCUT2D eigenvalue weighted by molar-refractivity contribution is -0.113. The van der Waals surface area contributed by atoms with Crippen molar-refractivity contribution in [2.45, 2.75) is 0 Å². The van der Waals surface area contributed by atoms with Gasteiger partial charge in [0.15, 0.2) is 0 Å². The number of ether oxygens (including phenoxy) is 1. The number of nitrogens with one attached hydrogen (secondary N) is 1. The van der Waals surface area contributed by atoms with Crippen LogP contribution in [0.2, 0.25) is 0 Å². The van der Waals surface area contributed by atoms with Gasteiger partial charge in [0.25, 0.3) is 0 Å². The first kappa shape index (κ1) is 14.6. The van der Waals surface area contributed by atoms with Crippen LogP contribution in [0.5, 0.6) is 0 Å². The van der Waals surface area contributed by atoms with Crippen LogP contribution in [0.15, 0.2) is 18.2 Å². The van der Waals surface area contributed by atoms with E-state index in [1.54, 1.807) is 0 Å². The number of hydrogen-bond donors (Lipinski definition) is 2. The Morgan fingerprint density at radius 3 is 2.94 bits per heavy atom. The molecule has 0 radical (unpaired) electrons. The number of nitrogen functional groups attached to an aromatic ring is 1. The van der Waals surface area contributed by atoms with Gasteiger partial charge in [0.05, 0.1) is 18.0 Å². The van der Waals surface area contributed by atoms with Gasteiger partial charge in [-0.3, -0.25) is 9.00 Å². The van der Waals surface area contributed by atoms with Gasteiger partial charge < -0.3 is 15.8 Å². The molecule has 1 atom stereocenters. The van der Waals surface area contributed by atoms with E-state index in [1.807, 2.05) is 0 Å². The molecule has 1 rings (SSSR count). The molecule has 0 spiro atoms. The van der Waals surface area contributed by atoms with Gasteiger partial charge in [0.1, 0.15) is 11.6 Å². The van der Waals surface area contributed by atoms with E-state index in [0.717, 1.165) is 6.07 Å². The highest BCUT2D eigenvalue weighted by Gasteiger charge is 2.10. The second-order valence-corrected chi connectivity index (χ2v) is 5.14. The summed E-state index contributed by atoms with van der Waals surface area (Å²) in [6.45, 7) is 0.321. The number of anilines is 2. The van der Waals surface area contributed by atoms with Crippen LogP contribution in [0.25, 0.3) is 0 Å². The Hall–Kier alpha value is -1.47. The molecule has 0 aliphatic rings.